The molecule has 0 spiro atoms. The summed E-state index contributed by atoms with van der Waals surface area (Å²) in [5, 5.41) is 0.967. The summed E-state index contributed by atoms with van der Waals surface area (Å²) >= 11 is 0. The van der Waals surface area contributed by atoms with Gasteiger partial charge in [-0.25, -0.2) is 4.79 Å². The lowest BCUT2D eigenvalue weighted by atomic mass is 10.1. The fourth-order valence-corrected chi connectivity index (χ4v) is 2.33. The highest BCUT2D eigenvalue weighted by Crippen LogP contribution is 2.23. The third-order valence-electron chi connectivity index (χ3n) is 3.13. The van der Waals surface area contributed by atoms with E-state index in [1.54, 1.807) is 13.0 Å². The molecule has 1 aromatic carbocycles. The van der Waals surface area contributed by atoms with Crippen molar-refractivity contribution in [2.45, 2.75) is 27.3 Å². The summed E-state index contributed by atoms with van der Waals surface area (Å²) in [7, 11) is 0. The Hall–Kier alpha value is -2.10. The zero-order valence-electron chi connectivity index (χ0n) is 11.4. The first-order chi connectivity index (χ1) is 9.10. The van der Waals surface area contributed by atoms with Gasteiger partial charge in [-0.1, -0.05) is 18.2 Å². The van der Waals surface area contributed by atoms with Crippen LogP contribution in [0.5, 0.6) is 0 Å². The van der Waals surface area contributed by atoms with Crippen molar-refractivity contribution < 1.29 is 14.3 Å². The fourth-order valence-electron chi connectivity index (χ4n) is 2.33. The van der Waals surface area contributed by atoms with Crippen molar-refractivity contribution in [1.82, 2.24) is 4.57 Å². The first-order valence-corrected chi connectivity index (χ1v) is 6.40. The lowest BCUT2D eigenvalue weighted by Gasteiger charge is -2.08. The van der Waals surface area contributed by atoms with Crippen LogP contribution in [0.3, 0.4) is 0 Å². The molecule has 4 heteroatoms. The van der Waals surface area contributed by atoms with E-state index < -0.39 is 11.8 Å². The van der Waals surface area contributed by atoms with Gasteiger partial charge in [0.25, 0.3) is 5.78 Å². The second kappa shape index (κ2) is 5.26. The largest absolute Gasteiger partial charge is 0.460 e. The minimum atomic E-state index is -0.794. The lowest BCUT2D eigenvalue weighted by molar-refractivity contribution is -0.137. The Kier molecular flexibility index (Phi) is 3.69. The maximum absolute atomic E-state index is 12.1. The molecule has 0 amide bonds. The Balaban J connectivity index is 2.58. The maximum atomic E-state index is 12.1. The Bertz CT molecular complexity index is 640. The summed E-state index contributed by atoms with van der Waals surface area (Å²) in [6, 6.07) is 7.63. The summed E-state index contributed by atoms with van der Waals surface area (Å²) in [6.45, 7) is 6.47. The number of fused-ring (bicyclic) bond motifs is 1. The van der Waals surface area contributed by atoms with E-state index in [2.05, 4.69) is 0 Å². The Labute approximate surface area is 112 Å². The topological polar surface area (TPSA) is 48.3 Å². The number of esters is 1. The minimum absolute atomic E-state index is 0.204. The van der Waals surface area contributed by atoms with Crippen LogP contribution in [0, 0.1) is 6.92 Å². The van der Waals surface area contributed by atoms with Crippen molar-refractivity contribution in [3.63, 3.8) is 0 Å². The van der Waals surface area contributed by atoms with E-state index in [1.165, 1.54) is 0 Å². The van der Waals surface area contributed by atoms with E-state index in [-0.39, 0.29) is 6.61 Å². The van der Waals surface area contributed by atoms with Gasteiger partial charge in [-0.05, 0) is 32.4 Å². The van der Waals surface area contributed by atoms with Crippen LogP contribution in [-0.4, -0.2) is 22.9 Å². The number of Topliss-reactive ketones (excluding diaryl/α,β-unsaturated/α-hetero) is 1. The summed E-state index contributed by atoms with van der Waals surface area (Å²) in [5.41, 5.74) is 2.48. The highest BCUT2D eigenvalue weighted by molar-refractivity contribution is 6.40. The molecule has 0 unspecified atom stereocenters. The van der Waals surface area contributed by atoms with Gasteiger partial charge in [0, 0.05) is 11.9 Å². The predicted molar refractivity (Wildman–Crippen MR) is 73.3 cm³/mol. The number of carbonyl (C=O) groups is 2. The van der Waals surface area contributed by atoms with Gasteiger partial charge < -0.3 is 9.30 Å². The Morgan fingerprint density at radius 2 is 2.00 bits per heavy atom. The lowest BCUT2D eigenvalue weighted by Crippen LogP contribution is -2.20. The molecule has 0 fully saturated rings. The van der Waals surface area contributed by atoms with E-state index in [0.717, 1.165) is 16.5 Å². The number of carbonyl (C=O) groups excluding carboxylic acids is 2. The average Bonchev–Trinajstić information content (AvgIpc) is 2.78. The number of nitrogens with zero attached hydrogens (tertiary/aromatic N) is 1. The number of rotatable bonds is 4. The quantitative estimate of drug-likeness (QED) is 0.482. The monoisotopic (exact) mass is 259 g/mol. The van der Waals surface area contributed by atoms with Crippen LogP contribution in [0.15, 0.2) is 24.3 Å². The third-order valence-corrected chi connectivity index (χ3v) is 3.13. The van der Waals surface area contributed by atoms with Crippen molar-refractivity contribution in [3.8, 4) is 0 Å². The standard InChI is InChI=1S/C15H17NO3/c1-4-16-12(14(17)15(18)19-5-2)9-11-8-6-7-10(3)13(11)16/h6-9H,4-5H2,1-3H3. The zero-order chi connectivity index (χ0) is 14.0. The van der Waals surface area contributed by atoms with Crippen LogP contribution in [0.2, 0.25) is 0 Å². The van der Waals surface area contributed by atoms with Gasteiger partial charge in [0.05, 0.1) is 17.8 Å². The van der Waals surface area contributed by atoms with E-state index in [1.807, 2.05) is 36.6 Å². The van der Waals surface area contributed by atoms with Gasteiger partial charge in [0.1, 0.15) is 0 Å². The molecule has 19 heavy (non-hydrogen) atoms. The van der Waals surface area contributed by atoms with Crippen LogP contribution in [0.25, 0.3) is 10.9 Å². The molecular formula is C15H17NO3. The molecule has 4 nitrogen and oxygen atoms in total. The zero-order valence-corrected chi connectivity index (χ0v) is 11.4. The number of ether oxygens (including phenoxy) is 1. The molecule has 0 aliphatic carbocycles. The van der Waals surface area contributed by atoms with Gasteiger partial charge in [0.15, 0.2) is 0 Å². The van der Waals surface area contributed by atoms with Crippen molar-refractivity contribution >= 4 is 22.7 Å². The Morgan fingerprint density at radius 1 is 1.26 bits per heavy atom. The summed E-state index contributed by atoms with van der Waals surface area (Å²) in [4.78, 5) is 23.7. The highest BCUT2D eigenvalue weighted by atomic mass is 16.5. The average molecular weight is 259 g/mol. The van der Waals surface area contributed by atoms with E-state index in [4.69, 9.17) is 4.74 Å². The number of para-hydroxylation sites is 1. The molecule has 0 N–H and O–H groups in total. The maximum Gasteiger partial charge on any atom is 0.381 e. The van der Waals surface area contributed by atoms with Gasteiger partial charge in [-0.3, -0.25) is 4.79 Å². The van der Waals surface area contributed by atoms with Gasteiger partial charge in [0.2, 0.25) is 0 Å². The first-order valence-electron chi connectivity index (χ1n) is 6.40. The first kappa shape index (κ1) is 13.3. The molecule has 0 saturated carbocycles. The second-order valence-corrected chi connectivity index (χ2v) is 4.34. The molecule has 0 aliphatic rings. The fraction of sp³-hybridized carbons (Fsp3) is 0.333. The second-order valence-electron chi connectivity index (χ2n) is 4.34. The molecule has 0 radical (unpaired) electrons. The summed E-state index contributed by atoms with van der Waals surface area (Å²) < 4.78 is 6.65. The molecule has 0 bridgehead atoms. The minimum Gasteiger partial charge on any atom is -0.460 e. The third kappa shape index (κ3) is 2.26. The molecule has 0 atom stereocenters. The predicted octanol–water partition coefficient (Wildman–Crippen LogP) is 2.72. The number of hydrogen-bond donors (Lipinski definition) is 0. The Morgan fingerprint density at radius 3 is 2.63 bits per heavy atom. The molecule has 100 valence electrons. The smallest absolute Gasteiger partial charge is 0.381 e. The molecular weight excluding hydrogens is 242 g/mol. The van der Waals surface area contributed by atoms with Crippen molar-refractivity contribution in [2.24, 2.45) is 0 Å². The van der Waals surface area contributed by atoms with Crippen LogP contribution < -0.4 is 0 Å². The summed E-state index contributed by atoms with van der Waals surface area (Å²) in [5.74, 6) is -1.38. The number of benzene rings is 1. The van der Waals surface area contributed by atoms with Crippen LogP contribution >= 0.6 is 0 Å². The number of hydrogen-bond acceptors (Lipinski definition) is 3. The highest BCUT2D eigenvalue weighted by Gasteiger charge is 2.23. The molecule has 2 rings (SSSR count). The van der Waals surface area contributed by atoms with Crippen molar-refractivity contribution in [3.05, 3.63) is 35.5 Å². The SMILES string of the molecule is CCOC(=O)C(=O)c1cc2cccc(C)c2n1CC. The van der Waals surface area contributed by atoms with E-state index in [0.29, 0.717) is 12.2 Å². The van der Waals surface area contributed by atoms with Crippen molar-refractivity contribution in [1.29, 1.82) is 0 Å². The van der Waals surface area contributed by atoms with Crippen LogP contribution in [0.4, 0.5) is 0 Å². The molecule has 0 aliphatic heterocycles. The van der Waals surface area contributed by atoms with Gasteiger partial charge in [-0.15, -0.1) is 0 Å². The van der Waals surface area contributed by atoms with Gasteiger partial charge >= 0.3 is 5.97 Å². The normalized spacial score (nSPS) is 10.7. The molecule has 2 aromatic rings. The molecule has 1 aromatic heterocycles. The van der Waals surface area contributed by atoms with E-state index in [9.17, 15) is 9.59 Å². The van der Waals surface area contributed by atoms with E-state index >= 15 is 0 Å². The van der Waals surface area contributed by atoms with Gasteiger partial charge in [-0.2, -0.15) is 0 Å². The number of aryl methyl sites for hydroxylation is 2. The van der Waals surface area contributed by atoms with Crippen molar-refractivity contribution in [2.75, 3.05) is 6.61 Å². The number of ketones is 1. The molecule has 1 heterocycles. The van der Waals surface area contributed by atoms with Crippen LogP contribution in [-0.2, 0) is 16.1 Å². The van der Waals surface area contributed by atoms with Crippen LogP contribution in [0.1, 0.15) is 29.9 Å². The number of aromatic nitrogens is 1. The summed E-state index contributed by atoms with van der Waals surface area (Å²) in [6.07, 6.45) is 0. The molecule has 0 saturated heterocycles.